The summed E-state index contributed by atoms with van der Waals surface area (Å²) in [6, 6.07) is 18.4. The van der Waals surface area contributed by atoms with Crippen molar-refractivity contribution >= 4 is 41.3 Å². The Morgan fingerprint density at radius 2 is 1.55 bits per heavy atom. The van der Waals surface area contributed by atoms with Gasteiger partial charge >= 0.3 is 5.97 Å². The van der Waals surface area contributed by atoms with Crippen LogP contribution in [0.1, 0.15) is 31.8 Å². The molecule has 0 heterocycles. The number of carbonyl (C=O) groups excluding carboxylic acids is 2. The third-order valence-corrected chi connectivity index (χ3v) is 4.68. The van der Waals surface area contributed by atoms with Crippen LogP contribution in [0.5, 0.6) is 5.75 Å². The third-order valence-electron chi connectivity index (χ3n) is 3.94. The number of ether oxygens (including phenoxy) is 1. The van der Waals surface area contributed by atoms with E-state index < -0.39 is 11.9 Å². The lowest BCUT2D eigenvalue weighted by Crippen LogP contribution is -2.17. The summed E-state index contributed by atoms with van der Waals surface area (Å²) in [5, 5.41) is 4.57. The van der Waals surface area contributed by atoms with Crippen LogP contribution in [-0.2, 0) is 0 Å². The number of amides is 1. The first-order chi connectivity index (χ1) is 13.9. The SMILES string of the molecule is Cc1ccc(C(=O)Oc2ccc(/C=N\NC(=O)c3ccc(Cl)c(Cl)c3)cc2)cc1. The van der Waals surface area contributed by atoms with Crippen molar-refractivity contribution < 1.29 is 14.3 Å². The summed E-state index contributed by atoms with van der Waals surface area (Å²) in [6.07, 6.45) is 1.47. The Balaban J connectivity index is 1.57. The second-order valence-electron chi connectivity index (χ2n) is 6.15. The minimum atomic E-state index is -0.430. The normalized spacial score (nSPS) is 10.7. The fraction of sp³-hybridized carbons (Fsp3) is 0.0455. The van der Waals surface area contributed by atoms with Gasteiger partial charge in [-0.3, -0.25) is 4.79 Å². The predicted octanol–water partition coefficient (Wildman–Crippen LogP) is 5.28. The molecule has 0 fully saturated rings. The van der Waals surface area contributed by atoms with Crippen LogP contribution in [0, 0.1) is 6.92 Å². The highest BCUT2D eigenvalue weighted by molar-refractivity contribution is 6.42. The van der Waals surface area contributed by atoms with Gasteiger partial charge in [-0.25, -0.2) is 10.2 Å². The summed E-state index contributed by atoms with van der Waals surface area (Å²) in [4.78, 5) is 24.2. The smallest absolute Gasteiger partial charge is 0.343 e. The number of halogens is 2. The second kappa shape index (κ2) is 9.37. The zero-order valence-electron chi connectivity index (χ0n) is 15.4. The lowest BCUT2D eigenvalue weighted by atomic mass is 10.1. The summed E-state index contributed by atoms with van der Waals surface area (Å²) in [6.45, 7) is 1.95. The maximum absolute atomic E-state index is 12.1. The lowest BCUT2D eigenvalue weighted by Gasteiger charge is -2.05. The van der Waals surface area contributed by atoms with E-state index in [1.165, 1.54) is 12.3 Å². The molecule has 3 aromatic carbocycles. The van der Waals surface area contributed by atoms with Crippen LogP contribution in [-0.4, -0.2) is 18.1 Å². The number of nitrogens with zero attached hydrogens (tertiary/aromatic N) is 1. The first kappa shape index (κ1) is 20.6. The minimum Gasteiger partial charge on any atom is -0.423 e. The van der Waals surface area contributed by atoms with E-state index in [4.69, 9.17) is 27.9 Å². The molecule has 0 unspecified atom stereocenters. The molecule has 3 aromatic rings. The van der Waals surface area contributed by atoms with Gasteiger partial charge in [0.05, 0.1) is 21.8 Å². The molecule has 0 bridgehead atoms. The molecular weight excluding hydrogens is 411 g/mol. The van der Waals surface area contributed by atoms with Crippen molar-refractivity contribution in [3.8, 4) is 5.75 Å². The highest BCUT2D eigenvalue weighted by atomic mass is 35.5. The predicted molar refractivity (Wildman–Crippen MR) is 114 cm³/mol. The van der Waals surface area contributed by atoms with E-state index in [0.717, 1.165) is 11.1 Å². The molecule has 0 aliphatic rings. The molecular formula is C22H16Cl2N2O3. The van der Waals surface area contributed by atoms with E-state index >= 15 is 0 Å². The van der Waals surface area contributed by atoms with Crippen molar-refractivity contribution in [3.05, 3.63) is 99.0 Å². The van der Waals surface area contributed by atoms with E-state index in [2.05, 4.69) is 10.5 Å². The van der Waals surface area contributed by atoms with Crippen LogP contribution in [0.2, 0.25) is 10.0 Å². The summed E-state index contributed by atoms with van der Waals surface area (Å²) >= 11 is 11.7. The number of carbonyl (C=O) groups is 2. The van der Waals surface area contributed by atoms with Gasteiger partial charge in [0.25, 0.3) is 5.91 Å². The molecule has 0 saturated heterocycles. The van der Waals surface area contributed by atoms with Crippen LogP contribution >= 0.6 is 23.2 Å². The van der Waals surface area contributed by atoms with Crippen LogP contribution in [0.3, 0.4) is 0 Å². The summed E-state index contributed by atoms with van der Waals surface area (Å²) < 4.78 is 5.34. The van der Waals surface area contributed by atoms with Crippen molar-refractivity contribution in [3.63, 3.8) is 0 Å². The molecule has 0 aliphatic carbocycles. The molecule has 1 amide bonds. The maximum Gasteiger partial charge on any atom is 0.343 e. The molecule has 146 valence electrons. The van der Waals surface area contributed by atoms with E-state index in [1.54, 1.807) is 48.5 Å². The number of hydrogen-bond acceptors (Lipinski definition) is 4. The van der Waals surface area contributed by atoms with Gasteiger partial charge in [-0.05, 0) is 67.1 Å². The Labute approximate surface area is 177 Å². The molecule has 0 spiro atoms. The van der Waals surface area contributed by atoms with E-state index in [1.807, 2.05) is 19.1 Å². The molecule has 0 aromatic heterocycles. The van der Waals surface area contributed by atoms with E-state index in [9.17, 15) is 9.59 Å². The van der Waals surface area contributed by atoms with Crippen LogP contribution in [0.15, 0.2) is 71.8 Å². The van der Waals surface area contributed by atoms with Crippen molar-refractivity contribution in [1.29, 1.82) is 0 Å². The lowest BCUT2D eigenvalue weighted by molar-refractivity contribution is 0.0734. The highest BCUT2D eigenvalue weighted by Gasteiger charge is 2.08. The summed E-state index contributed by atoms with van der Waals surface area (Å²) in [5.74, 6) is -0.434. The number of hydrazone groups is 1. The molecule has 29 heavy (non-hydrogen) atoms. The monoisotopic (exact) mass is 426 g/mol. The van der Waals surface area contributed by atoms with Gasteiger partial charge in [0, 0.05) is 5.56 Å². The van der Waals surface area contributed by atoms with Crippen LogP contribution in [0.25, 0.3) is 0 Å². The average Bonchev–Trinajstić information content (AvgIpc) is 2.71. The molecule has 7 heteroatoms. The molecule has 0 atom stereocenters. The van der Waals surface area contributed by atoms with Crippen molar-refractivity contribution in [2.45, 2.75) is 6.92 Å². The summed E-state index contributed by atoms with van der Waals surface area (Å²) in [7, 11) is 0. The minimum absolute atomic E-state index is 0.291. The highest BCUT2D eigenvalue weighted by Crippen LogP contribution is 2.22. The number of esters is 1. The maximum atomic E-state index is 12.1. The fourth-order valence-electron chi connectivity index (χ4n) is 2.34. The van der Waals surface area contributed by atoms with Gasteiger partial charge in [0.15, 0.2) is 0 Å². The fourth-order valence-corrected chi connectivity index (χ4v) is 2.64. The topological polar surface area (TPSA) is 67.8 Å². The Morgan fingerprint density at radius 1 is 0.897 bits per heavy atom. The van der Waals surface area contributed by atoms with Gasteiger partial charge < -0.3 is 4.74 Å². The summed E-state index contributed by atoms with van der Waals surface area (Å²) in [5.41, 5.74) is 5.01. The van der Waals surface area contributed by atoms with E-state index in [-0.39, 0.29) is 0 Å². The van der Waals surface area contributed by atoms with Gasteiger partial charge in [0.1, 0.15) is 5.75 Å². The molecule has 1 N–H and O–H groups in total. The number of benzene rings is 3. The van der Waals surface area contributed by atoms with Gasteiger partial charge in [0.2, 0.25) is 0 Å². The Bertz CT molecular complexity index is 1060. The Morgan fingerprint density at radius 3 is 2.21 bits per heavy atom. The van der Waals surface area contributed by atoms with Crippen molar-refractivity contribution in [2.75, 3.05) is 0 Å². The zero-order chi connectivity index (χ0) is 20.8. The van der Waals surface area contributed by atoms with Crippen LogP contribution in [0.4, 0.5) is 0 Å². The molecule has 5 nitrogen and oxygen atoms in total. The van der Waals surface area contributed by atoms with Crippen LogP contribution < -0.4 is 10.2 Å². The standard InChI is InChI=1S/C22H16Cl2N2O3/c1-14-2-6-16(7-3-14)22(28)29-18-9-4-15(5-10-18)13-25-26-21(27)17-8-11-19(23)20(24)12-17/h2-13H,1H3,(H,26,27)/b25-13-. The number of rotatable bonds is 5. The van der Waals surface area contributed by atoms with Crippen molar-refractivity contribution in [1.82, 2.24) is 5.43 Å². The second-order valence-corrected chi connectivity index (χ2v) is 6.97. The Kier molecular flexibility index (Phi) is 6.65. The molecule has 0 aliphatic heterocycles. The first-order valence-corrected chi connectivity index (χ1v) is 9.35. The first-order valence-electron chi connectivity index (χ1n) is 8.60. The zero-order valence-corrected chi connectivity index (χ0v) is 16.9. The number of hydrogen-bond donors (Lipinski definition) is 1. The third kappa shape index (κ3) is 5.67. The Hall–Kier alpha value is -3.15. The van der Waals surface area contributed by atoms with E-state index in [0.29, 0.717) is 26.9 Å². The number of aryl methyl sites for hydroxylation is 1. The molecule has 3 rings (SSSR count). The van der Waals surface area contributed by atoms with Gasteiger partial charge in [-0.2, -0.15) is 5.10 Å². The molecule has 0 radical (unpaired) electrons. The number of nitrogens with one attached hydrogen (secondary N) is 1. The largest absolute Gasteiger partial charge is 0.423 e. The van der Waals surface area contributed by atoms with Crippen molar-refractivity contribution in [2.24, 2.45) is 5.10 Å². The quantitative estimate of drug-likeness (QED) is 0.261. The average molecular weight is 427 g/mol. The molecule has 0 saturated carbocycles. The van der Waals surface area contributed by atoms with Gasteiger partial charge in [-0.15, -0.1) is 0 Å². The van der Waals surface area contributed by atoms with Gasteiger partial charge in [-0.1, -0.05) is 40.9 Å².